The van der Waals surface area contributed by atoms with Gasteiger partial charge in [0, 0.05) is 34.0 Å². The number of hydrogen-bond donors (Lipinski definition) is 0. The average Bonchev–Trinajstić information content (AvgIpc) is 2.54. The van der Waals surface area contributed by atoms with Crippen LogP contribution >= 0.6 is 0 Å². The molecule has 134 valence electrons. The number of carbonyl (C=O) groups excluding carboxylic acids is 2. The fraction of sp³-hybridized carbons (Fsp3) is 0.529. The van der Waals surface area contributed by atoms with Crippen LogP contribution in [-0.2, 0) is 22.7 Å². The van der Waals surface area contributed by atoms with Crippen LogP contribution in [0.3, 0.4) is 0 Å². The molecule has 1 aromatic rings. The topological polar surface area (TPSA) is 68.3 Å². The molecule has 0 fully saturated rings. The third kappa shape index (κ3) is 4.31. The number of hydrogen-bond acceptors (Lipinski definition) is 5. The quantitative estimate of drug-likeness (QED) is 0.756. The van der Waals surface area contributed by atoms with Crippen molar-refractivity contribution in [2.24, 2.45) is 0 Å². The Balaban J connectivity index is 3.49. The van der Waals surface area contributed by atoms with E-state index in [1.54, 1.807) is 51.3 Å². The Morgan fingerprint density at radius 3 is 1.46 bits per heavy atom. The normalized spacial score (nSPS) is 10.1. The Morgan fingerprint density at radius 1 is 0.833 bits per heavy atom. The summed E-state index contributed by atoms with van der Waals surface area (Å²) in [5.41, 5.74) is 1.45. The maximum absolute atomic E-state index is 11.6. The summed E-state index contributed by atoms with van der Waals surface area (Å²) >= 11 is 0. The Kier molecular flexibility index (Phi) is 6.88. The molecule has 0 aliphatic heterocycles. The van der Waals surface area contributed by atoms with Crippen LogP contribution in [0, 0.1) is 0 Å². The molecular weight excluding hydrogens is 312 g/mol. The minimum absolute atomic E-state index is 0.0719. The Bertz CT molecular complexity index is 567. The third-order valence-corrected chi connectivity index (χ3v) is 3.91. The van der Waals surface area contributed by atoms with Crippen molar-refractivity contribution < 1.29 is 23.8 Å². The molecule has 0 bridgehead atoms. The highest BCUT2D eigenvalue weighted by Crippen LogP contribution is 2.40. The molecule has 7 heteroatoms. The van der Waals surface area contributed by atoms with Gasteiger partial charge in [-0.3, -0.25) is 9.59 Å². The molecule has 7 nitrogen and oxygen atoms in total. The van der Waals surface area contributed by atoms with Gasteiger partial charge in [0.05, 0.1) is 45.5 Å². The third-order valence-electron chi connectivity index (χ3n) is 3.91. The van der Waals surface area contributed by atoms with Crippen LogP contribution in [0.2, 0.25) is 0 Å². The van der Waals surface area contributed by atoms with Crippen molar-refractivity contribution in [3.63, 3.8) is 0 Å². The lowest BCUT2D eigenvalue weighted by Gasteiger charge is -2.25. The first kappa shape index (κ1) is 19.6. The first-order chi connectivity index (χ1) is 11.3. The highest BCUT2D eigenvalue weighted by atomic mass is 16.5. The number of amides is 2. The molecule has 0 unspecified atom stereocenters. The first-order valence-electron chi connectivity index (χ1n) is 7.50. The van der Waals surface area contributed by atoms with Crippen molar-refractivity contribution in [1.82, 2.24) is 9.80 Å². The second-order valence-corrected chi connectivity index (χ2v) is 5.52. The van der Waals surface area contributed by atoms with E-state index in [2.05, 4.69) is 0 Å². The molecule has 1 aromatic carbocycles. The highest BCUT2D eigenvalue weighted by molar-refractivity contribution is 5.74. The second-order valence-electron chi connectivity index (χ2n) is 5.52. The Morgan fingerprint density at radius 2 is 1.21 bits per heavy atom. The zero-order valence-corrected chi connectivity index (χ0v) is 15.4. The van der Waals surface area contributed by atoms with Gasteiger partial charge >= 0.3 is 0 Å². The zero-order chi connectivity index (χ0) is 18.4. The minimum atomic E-state index is -0.0719. The Labute approximate surface area is 143 Å². The predicted octanol–water partition coefficient (Wildman–Crippen LogP) is 1.67. The van der Waals surface area contributed by atoms with Crippen molar-refractivity contribution >= 4 is 11.8 Å². The van der Waals surface area contributed by atoms with Crippen LogP contribution in [0.4, 0.5) is 0 Å². The molecule has 0 heterocycles. The molecule has 1 rings (SSSR count). The maximum atomic E-state index is 11.6. The van der Waals surface area contributed by atoms with Crippen LogP contribution in [0.15, 0.2) is 6.07 Å². The lowest BCUT2D eigenvalue weighted by molar-refractivity contribution is -0.128. The van der Waals surface area contributed by atoms with Gasteiger partial charge in [-0.2, -0.15) is 0 Å². The summed E-state index contributed by atoms with van der Waals surface area (Å²) in [5, 5.41) is 0. The predicted molar refractivity (Wildman–Crippen MR) is 90.4 cm³/mol. The van der Waals surface area contributed by atoms with Gasteiger partial charge < -0.3 is 24.0 Å². The second kappa shape index (κ2) is 8.42. The first-order valence-corrected chi connectivity index (χ1v) is 7.50. The summed E-state index contributed by atoms with van der Waals surface area (Å²) in [6, 6.07) is 1.75. The van der Waals surface area contributed by atoms with E-state index in [0.29, 0.717) is 30.3 Å². The molecule has 0 spiro atoms. The smallest absolute Gasteiger partial charge is 0.219 e. The summed E-state index contributed by atoms with van der Waals surface area (Å²) in [4.78, 5) is 26.3. The van der Waals surface area contributed by atoms with Gasteiger partial charge in [0.2, 0.25) is 11.8 Å². The van der Waals surface area contributed by atoms with Gasteiger partial charge in [0.15, 0.2) is 0 Å². The van der Waals surface area contributed by atoms with Gasteiger partial charge in [-0.25, -0.2) is 0 Å². The molecule has 0 radical (unpaired) electrons. The van der Waals surface area contributed by atoms with E-state index >= 15 is 0 Å². The van der Waals surface area contributed by atoms with Gasteiger partial charge in [-0.05, 0) is 0 Å². The standard InChI is InChI=1S/C17H26N2O5/c1-11(20)18(3)9-13-15(22-5)8-16(23-6)14(17(13)24-7)10-19(4)12(2)21/h8H,9-10H2,1-7H3. The van der Waals surface area contributed by atoms with Crippen molar-refractivity contribution in [3.8, 4) is 17.2 Å². The van der Waals surface area contributed by atoms with Crippen molar-refractivity contribution in [3.05, 3.63) is 17.2 Å². The van der Waals surface area contributed by atoms with Crippen LogP contribution in [0.5, 0.6) is 17.2 Å². The summed E-state index contributed by atoms with van der Waals surface area (Å²) in [5.74, 6) is 1.53. The SMILES string of the molecule is COc1cc(OC)c(CN(C)C(C)=O)c(OC)c1CN(C)C(C)=O. The molecular formula is C17H26N2O5. The monoisotopic (exact) mass is 338 g/mol. The number of methoxy groups -OCH3 is 3. The lowest BCUT2D eigenvalue weighted by atomic mass is 10.0. The van der Waals surface area contributed by atoms with Gasteiger partial charge in [0.1, 0.15) is 17.2 Å². The largest absolute Gasteiger partial charge is 0.496 e. The molecule has 0 aliphatic rings. The lowest BCUT2D eigenvalue weighted by Crippen LogP contribution is -2.26. The van der Waals surface area contributed by atoms with E-state index in [1.165, 1.54) is 13.8 Å². The van der Waals surface area contributed by atoms with Crippen molar-refractivity contribution in [2.45, 2.75) is 26.9 Å². The van der Waals surface area contributed by atoms with Crippen LogP contribution < -0.4 is 14.2 Å². The molecule has 0 atom stereocenters. The van der Waals surface area contributed by atoms with E-state index in [0.717, 1.165) is 11.1 Å². The van der Waals surface area contributed by atoms with Crippen molar-refractivity contribution in [1.29, 1.82) is 0 Å². The summed E-state index contributed by atoms with van der Waals surface area (Å²) in [7, 11) is 8.04. The van der Waals surface area contributed by atoms with Crippen LogP contribution in [-0.4, -0.2) is 57.0 Å². The molecule has 0 aliphatic carbocycles. The minimum Gasteiger partial charge on any atom is -0.496 e. The van der Waals surface area contributed by atoms with E-state index in [1.807, 2.05) is 0 Å². The number of carbonyl (C=O) groups is 2. The van der Waals surface area contributed by atoms with Gasteiger partial charge in [0.25, 0.3) is 0 Å². The molecule has 0 N–H and O–H groups in total. The van der Waals surface area contributed by atoms with E-state index in [-0.39, 0.29) is 11.8 Å². The summed E-state index contributed by atoms with van der Waals surface area (Å²) < 4.78 is 16.5. The van der Waals surface area contributed by atoms with Crippen LogP contribution in [0.25, 0.3) is 0 Å². The van der Waals surface area contributed by atoms with Crippen molar-refractivity contribution in [2.75, 3.05) is 35.4 Å². The van der Waals surface area contributed by atoms with Crippen LogP contribution in [0.1, 0.15) is 25.0 Å². The van der Waals surface area contributed by atoms with Gasteiger partial charge in [-0.1, -0.05) is 0 Å². The fourth-order valence-corrected chi connectivity index (χ4v) is 2.31. The molecule has 24 heavy (non-hydrogen) atoms. The maximum Gasteiger partial charge on any atom is 0.219 e. The number of benzene rings is 1. The molecule has 0 saturated heterocycles. The molecule has 2 amide bonds. The number of rotatable bonds is 7. The zero-order valence-electron chi connectivity index (χ0n) is 15.4. The highest BCUT2D eigenvalue weighted by Gasteiger charge is 2.23. The summed E-state index contributed by atoms with van der Waals surface area (Å²) in [6.45, 7) is 3.63. The molecule has 0 saturated carbocycles. The number of nitrogens with zero attached hydrogens (tertiary/aromatic N) is 2. The fourth-order valence-electron chi connectivity index (χ4n) is 2.31. The molecule has 0 aromatic heterocycles. The van der Waals surface area contributed by atoms with E-state index in [9.17, 15) is 9.59 Å². The summed E-state index contributed by atoms with van der Waals surface area (Å²) in [6.07, 6.45) is 0. The van der Waals surface area contributed by atoms with Gasteiger partial charge in [-0.15, -0.1) is 0 Å². The van der Waals surface area contributed by atoms with E-state index < -0.39 is 0 Å². The Hall–Kier alpha value is -2.44. The van der Waals surface area contributed by atoms with E-state index in [4.69, 9.17) is 14.2 Å². The number of ether oxygens (including phenoxy) is 3. The average molecular weight is 338 g/mol.